The number of hydrogen-bond donors (Lipinski definition) is 1. The van der Waals surface area contributed by atoms with Crippen LogP contribution in [0.25, 0.3) is 0 Å². The number of anilines is 1. The van der Waals surface area contributed by atoms with Crippen LogP contribution in [-0.4, -0.2) is 18.4 Å². The molecule has 5 heteroatoms. The highest BCUT2D eigenvalue weighted by atomic mass is 35.5. The van der Waals surface area contributed by atoms with E-state index in [4.69, 9.17) is 23.2 Å². The molecular formula is C16H15Cl2FN2. The summed E-state index contributed by atoms with van der Waals surface area (Å²) in [6, 6.07) is 5.89. The molecule has 0 radical (unpaired) electrons. The van der Waals surface area contributed by atoms with Gasteiger partial charge in [0.2, 0.25) is 0 Å². The zero-order chi connectivity index (χ0) is 14.6. The fourth-order valence-electron chi connectivity index (χ4n) is 3.57. The Morgan fingerprint density at radius 1 is 1.19 bits per heavy atom. The predicted molar refractivity (Wildman–Crippen MR) is 84.6 cm³/mol. The summed E-state index contributed by atoms with van der Waals surface area (Å²) in [6.07, 6.45) is 5.79. The molecule has 2 bridgehead atoms. The van der Waals surface area contributed by atoms with Crippen molar-refractivity contribution in [3.63, 3.8) is 0 Å². The monoisotopic (exact) mass is 324 g/mol. The molecule has 0 saturated carbocycles. The zero-order valence-corrected chi connectivity index (χ0v) is 12.8. The number of alkyl halides is 1. The molecule has 1 aromatic rings. The van der Waals surface area contributed by atoms with Gasteiger partial charge >= 0.3 is 0 Å². The van der Waals surface area contributed by atoms with E-state index in [1.54, 1.807) is 23.1 Å². The molecule has 0 aromatic heterocycles. The van der Waals surface area contributed by atoms with Crippen LogP contribution in [0.2, 0.25) is 10.0 Å². The SMILES string of the molecule is FC1C2=C(C=CN1c1ccc(Cl)c(Cl)c1)CC1CCC2N1. The molecule has 2 nitrogen and oxygen atoms in total. The first-order valence-corrected chi connectivity index (χ1v) is 7.94. The second-order valence-corrected chi connectivity index (χ2v) is 6.65. The highest BCUT2D eigenvalue weighted by molar-refractivity contribution is 6.42. The lowest BCUT2D eigenvalue weighted by molar-refractivity contribution is 0.346. The van der Waals surface area contributed by atoms with E-state index < -0.39 is 6.30 Å². The lowest BCUT2D eigenvalue weighted by atomic mass is 9.91. The summed E-state index contributed by atoms with van der Waals surface area (Å²) in [5.41, 5.74) is 2.77. The Morgan fingerprint density at radius 3 is 2.86 bits per heavy atom. The van der Waals surface area contributed by atoms with Gasteiger partial charge in [-0.3, -0.25) is 0 Å². The summed E-state index contributed by atoms with van der Waals surface area (Å²) in [4.78, 5) is 1.63. The minimum atomic E-state index is -1.14. The third-order valence-corrected chi connectivity index (χ3v) is 5.33. The van der Waals surface area contributed by atoms with Gasteiger partial charge in [-0.15, -0.1) is 0 Å². The number of benzene rings is 1. The van der Waals surface area contributed by atoms with Crippen molar-refractivity contribution in [3.05, 3.63) is 51.7 Å². The fourth-order valence-corrected chi connectivity index (χ4v) is 3.87. The van der Waals surface area contributed by atoms with E-state index in [9.17, 15) is 0 Å². The van der Waals surface area contributed by atoms with Crippen LogP contribution >= 0.6 is 23.2 Å². The summed E-state index contributed by atoms with van der Waals surface area (Å²) >= 11 is 12.0. The number of rotatable bonds is 1. The van der Waals surface area contributed by atoms with Crippen LogP contribution in [-0.2, 0) is 0 Å². The van der Waals surface area contributed by atoms with Crippen molar-refractivity contribution in [3.8, 4) is 0 Å². The molecule has 3 atom stereocenters. The lowest BCUT2D eigenvalue weighted by Crippen LogP contribution is -2.44. The first-order chi connectivity index (χ1) is 10.1. The number of allylic oxidation sites excluding steroid dienone is 1. The highest BCUT2D eigenvalue weighted by Gasteiger charge is 2.40. The van der Waals surface area contributed by atoms with Gasteiger partial charge in [0.15, 0.2) is 6.30 Å². The second-order valence-electron chi connectivity index (χ2n) is 5.84. The van der Waals surface area contributed by atoms with Gasteiger partial charge in [0.05, 0.1) is 10.0 Å². The molecule has 1 aromatic carbocycles. The molecule has 21 heavy (non-hydrogen) atoms. The molecule has 0 spiro atoms. The molecule has 3 aliphatic rings. The van der Waals surface area contributed by atoms with E-state index in [-0.39, 0.29) is 6.04 Å². The first kappa shape index (κ1) is 13.6. The molecule has 1 N–H and O–H groups in total. The molecule has 0 amide bonds. The normalized spacial score (nSPS) is 30.8. The Bertz CT molecular complexity index is 656. The van der Waals surface area contributed by atoms with E-state index in [0.29, 0.717) is 16.1 Å². The number of hydrogen-bond acceptors (Lipinski definition) is 2. The number of halogens is 3. The van der Waals surface area contributed by atoms with Crippen molar-refractivity contribution in [2.75, 3.05) is 4.90 Å². The maximum Gasteiger partial charge on any atom is 0.200 e. The van der Waals surface area contributed by atoms with Crippen LogP contribution in [0.4, 0.5) is 10.1 Å². The smallest absolute Gasteiger partial charge is 0.200 e. The number of fused-ring (bicyclic) bond motifs is 3. The summed E-state index contributed by atoms with van der Waals surface area (Å²) in [5, 5.41) is 4.43. The van der Waals surface area contributed by atoms with Gasteiger partial charge in [0, 0.05) is 29.5 Å². The standard InChI is InChI=1S/C16H15Cl2FN2/c17-12-3-2-11(8-13(12)18)21-6-5-9-7-10-1-4-14(20-10)15(9)16(21)19/h2-3,5-6,8,10,14,16,20H,1,4,7H2. The Balaban J connectivity index is 1.69. The van der Waals surface area contributed by atoms with Crippen LogP contribution in [0.5, 0.6) is 0 Å². The maximum atomic E-state index is 15.1. The fraction of sp³-hybridized carbons (Fsp3) is 0.375. The summed E-state index contributed by atoms with van der Waals surface area (Å²) < 4.78 is 15.1. The van der Waals surface area contributed by atoms with Crippen molar-refractivity contribution >= 4 is 28.9 Å². The first-order valence-electron chi connectivity index (χ1n) is 7.18. The molecule has 1 saturated heterocycles. The van der Waals surface area contributed by atoms with Crippen LogP contribution in [0.3, 0.4) is 0 Å². The van der Waals surface area contributed by atoms with E-state index in [2.05, 4.69) is 5.32 Å². The predicted octanol–water partition coefficient (Wildman–Crippen LogP) is 4.44. The Morgan fingerprint density at radius 2 is 2.05 bits per heavy atom. The van der Waals surface area contributed by atoms with Gasteiger partial charge in [-0.1, -0.05) is 23.2 Å². The van der Waals surface area contributed by atoms with Gasteiger partial charge in [0.25, 0.3) is 0 Å². The summed E-state index contributed by atoms with van der Waals surface area (Å²) in [7, 11) is 0. The Labute approximate surface area is 133 Å². The van der Waals surface area contributed by atoms with Gasteiger partial charge in [0.1, 0.15) is 0 Å². The van der Waals surface area contributed by atoms with Gasteiger partial charge in [-0.25, -0.2) is 4.39 Å². The molecule has 110 valence electrons. The number of nitrogens with zero attached hydrogens (tertiary/aromatic N) is 1. The highest BCUT2D eigenvalue weighted by Crippen LogP contribution is 2.40. The van der Waals surface area contributed by atoms with Crippen LogP contribution < -0.4 is 10.2 Å². The van der Waals surface area contributed by atoms with Crippen molar-refractivity contribution < 1.29 is 4.39 Å². The minimum absolute atomic E-state index is 0.170. The van der Waals surface area contributed by atoms with Crippen molar-refractivity contribution in [2.45, 2.75) is 37.6 Å². The van der Waals surface area contributed by atoms with Crippen LogP contribution in [0.1, 0.15) is 19.3 Å². The van der Waals surface area contributed by atoms with Crippen molar-refractivity contribution in [1.82, 2.24) is 5.32 Å². The van der Waals surface area contributed by atoms with E-state index in [1.807, 2.05) is 12.3 Å². The van der Waals surface area contributed by atoms with Crippen LogP contribution in [0, 0.1) is 0 Å². The second kappa shape index (κ2) is 5.01. The molecule has 3 heterocycles. The Kier molecular flexibility index (Phi) is 3.25. The van der Waals surface area contributed by atoms with Crippen molar-refractivity contribution in [1.29, 1.82) is 0 Å². The van der Waals surface area contributed by atoms with Gasteiger partial charge in [-0.2, -0.15) is 0 Å². The van der Waals surface area contributed by atoms with Gasteiger partial charge in [-0.05, 0) is 49.1 Å². The molecule has 3 aliphatic heterocycles. The van der Waals surface area contributed by atoms with Crippen molar-refractivity contribution in [2.24, 2.45) is 0 Å². The average molecular weight is 325 g/mol. The third kappa shape index (κ3) is 2.19. The summed E-state index contributed by atoms with van der Waals surface area (Å²) in [5.74, 6) is 0. The molecule has 3 unspecified atom stereocenters. The molecular weight excluding hydrogens is 310 g/mol. The topological polar surface area (TPSA) is 15.3 Å². The zero-order valence-electron chi connectivity index (χ0n) is 11.3. The number of nitrogens with one attached hydrogen (secondary N) is 1. The largest absolute Gasteiger partial charge is 0.314 e. The lowest BCUT2D eigenvalue weighted by Gasteiger charge is -2.37. The maximum absolute atomic E-state index is 15.1. The van der Waals surface area contributed by atoms with E-state index in [0.717, 1.165) is 36.1 Å². The third-order valence-electron chi connectivity index (χ3n) is 4.59. The quantitative estimate of drug-likeness (QED) is 0.768. The van der Waals surface area contributed by atoms with E-state index >= 15 is 4.39 Å². The minimum Gasteiger partial charge on any atom is -0.314 e. The molecule has 4 rings (SSSR count). The summed E-state index contributed by atoms with van der Waals surface area (Å²) in [6.45, 7) is 0. The van der Waals surface area contributed by atoms with Crippen LogP contribution in [0.15, 0.2) is 41.6 Å². The molecule has 0 aliphatic carbocycles. The van der Waals surface area contributed by atoms with E-state index in [1.165, 1.54) is 0 Å². The van der Waals surface area contributed by atoms with Gasteiger partial charge < -0.3 is 10.2 Å². The molecule has 1 fully saturated rings. The Hall–Kier alpha value is -1.03. The average Bonchev–Trinajstić information content (AvgIpc) is 2.84.